The van der Waals surface area contributed by atoms with Gasteiger partial charge in [0.2, 0.25) is 0 Å². The molecule has 1 amide bonds. The molecule has 3 heterocycles. The van der Waals surface area contributed by atoms with Crippen LogP contribution >= 0.6 is 11.6 Å². The van der Waals surface area contributed by atoms with Gasteiger partial charge in [-0.25, -0.2) is 15.0 Å². The molecule has 8 heteroatoms. The monoisotopic (exact) mass is 394 g/mol. The molecule has 0 saturated carbocycles. The van der Waals surface area contributed by atoms with Gasteiger partial charge in [0.15, 0.2) is 0 Å². The highest BCUT2D eigenvalue weighted by molar-refractivity contribution is 6.30. The lowest BCUT2D eigenvalue weighted by molar-refractivity contribution is 0.0740. The van der Waals surface area contributed by atoms with Crippen LogP contribution in [0.2, 0.25) is 5.02 Å². The number of nitrogens with one attached hydrogen (secondary N) is 1. The first kappa shape index (κ1) is 18.2. The van der Waals surface area contributed by atoms with Crippen LogP contribution < -0.4 is 10.2 Å². The van der Waals surface area contributed by atoms with Gasteiger partial charge >= 0.3 is 0 Å². The van der Waals surface area contributed by atoms with Crippen LogP contribution in [0.4, 0.5) is 17.3 Å². The van der Waals surface area contributed by atoms with Gasteiger partial charge in [-0.05, 0) is 36.4 Å². The number of piperazine rings is 1. The molecule has 1 aromatic carbocycles. The summed E-state index contributed by atoms with van der Waals surface area (Å²) in [4.78, 5) is 29.6. The second-order valence-electron chi connectivity index (χ2n) is 6.39. The van der Waals surface area contributed by atoms with Crippen molar-refractivity contribution in [1.29, 1.82) is 0 Å². The van der Waals surface area contributed by atoms with Crippen LogP contribution in [0.25, 0.3) is 0 Å². The van der Waals surface area contributed by atoms with E-state index in [1.165, 1.54) is 6.20 Å². The van der Waals surface area contributed by atoms with Crippen LogP contribution in [0.3, 0.4) is 0 Å². The summed E-state index contributed by atoms with van der Waals surface area (Å²) in [6.07, 6.45) is 4.85. The number of amides is 1. The van der Waals surface area contributed by atoms with Crippen molar-refractivity contribution in [2.24, 2.45) is 0 Å². The lowest BCUT2D eigenvalue weighted by atomic mass is 10.2. The van der Waals surface area contributed by atoms with Crippen LogP contribution in [0.5, 0.6) is 0 Å². The number of hydrogen-bond donors (Lipinski definition) is 1. The fourth-order valence-corrected chi connectivity index (χ4v) is 3.15. The average Bonchev–Trinajstić information content (AvgIpc) is 2.76. The van der Waals surface area contributed by atoms with Crippen LogP contribution in [-0.4, -0.2) is 51.9 Å². The summed E-state index contributed by atoms with van der Waals surface area (Å²) in [5.74, 6) is 1.40. The average molecular weight is 395 g/mol. The first-order valence-corrected chi connectivity index (χ1v) is 9.37. The largest absolute Gasteiger partial charge is 0.353 e. The molecular formula is C20H19ClN6O. The van der Waals surface area contributed by atoms with Gasteiger partial charge in [-0.15, -0.1) is 0 Å². The predicted molar refractivity (Wildman–Crippen MR) is 109 cm³/mol. The zero-order valence-electron chi connectivity index (χ0n) is 15.1. The lowest BCUT2D eigenvalue weighted by Crippen LogP contribution is -2.49. The van der Waals surface area contributed by atoms with Gasteiger partial charge in [0.25, 0.3) is 5.91 Å². The molecule has 1 N–H and O–H groups in total. The Morgan fingerprint density at radius 1 is 0.929 bits per heavy atom. The van der Waals surface area contributed by atoms with E-state index < -0.39 is 0 Å². The molecule has 0 spiro atoms. The highest BCUT2D eigenvalue weighted by atomic mass is 35.5. The fraction of sp³-hybridized carbons (Fsp3) is 0.200. The van der Waals surface area contributed by atoms with Crippen LogP contribution in [0.1, 0.15) is 10.5 Å². The minimum Gasteiger partial charge on any atom is -0.353 e. The highest BCUT2D eigenvalue weighted by Gasteiger charge is 2.23. The maximum absolute atomic E-state index is 12.7. The summed E-state index contributed by atoms with van der Waals surface area (Å²) in [5.41, 5.74) is 1.19. The maximum Gasteiger partial charge on any atom is 0.274 e. The first-order chi connectivity index (χ1) is 13.7. The van der Waals surface area contributed by atoms with Gasteiger partial charge < -0.3 is 15.1 Å². The molecule has 0 radical (unpaired) electrons. The highest BCUT2D eigenvalue weighted by Crippen LogP contribution is 2.18. The van der Waals surface area contributed by atoms with Gasteiger partial charge in [0, 0.05) is 43.1 Å². The van der Waals surface area contributed by atoms with E-state index in [0.717, 1.165) is 24.6 Å². The Balaban J connectivity index is 1.35. The zero-order chi connectivity index (χ0) is 19.3. The summed E-state index contributed by atoms with van der Waals surface area (Å²) in [7, 11) is 0. The molecule has 0 atom stereocenters. The van der Waals surface area contributed by atoms with Crippen molar-refractivity contribution in [3.63, 3.8) is 0 Å². The summed E-state index contributed by atoms with van der Waals surface area (Å²) < 4.78 is 0. The molecule has 7 nitrogen and oxygen atoms in total. The summed E-state index contributed by atoms with van der Waals surface area (Å²) in [6.45, 7) is 2.74. The topological polar surface area (TPSA) is 74.2 Å². The van der Waals surface area contributed by atoms with Gasteiger partial charge in [-0.2, -0.15) is 0 Å². The van der Waals surface area contributed by atoms with Crippen molar-refractivity contribution >= 4 is 34.8 Å². The number of hydrogen-bond acceptors (Lipinski definition) is 6. The Kier molecular flexibility index (Phi) is 5.34. The van der Waals surface area contributed by atoms with Gasteiger partial charge in [0.05, 0.1) is 12.4 Å². The number of rotatable bonds is 4. The van der Waals surface area contributed by atoms with Gasteiger partial charge in [-0.1, -0.05) is 17.7 Å². The number of benzene rings is 1. The molecule has 2 aromatic heterocycles. The molecule has 142 valence electrons. The number of pyridine rings is 1. The first-order valence-electron chi connectivity index (χ1n) is 8.99. The minimum atomic E-state index is -0.105. The molecule has 0 aliphatic carbocycles. The number of carbonyl (C=O) groups is 1. The van der Waals surface area contributed by atoms with Gasteiger partial charge in [-0.3, -0.25) is 4.79 Å². The Labute approximate surface area is 168 Å². The third-order valence-electron chi connectivity index (χ3n) is 4.53. The van der Waals surface area contributed by atoms with E-state index in [0.29, 0.717) is 29.6 Å². The van der Waals surface area contributed by atoms with E-state index in [4.69, 9.17) is 11.6 Å². The summed E-state index contributed by atoms with van der Waals surface area (Å²) >= 11 is 5.88. The normalized spacial score (nSPS) is 14.0. The third kappa shape index (κ3) is 4.20. The van der Waals surface area contributed by atoms with Crippen LogP contribution in [0, 0.1) is 0 Å². The van der Waals surface area contributed by atoms with E-state index in [-0.39, 0.29) is 5.91 Å². The maximum atomic E-state index is 12.7. The number of anilines is 3. The van der Waals surface area contributed by atoms with Crippen molar-refractivity contribution in [2.45, 2.75) is 0 Å². The van der Waals surface area contributed by atoms with E-state index in [1.807, 2.05) is 30.3 Å². The van der Waals surface area contributed by atoms with Crippen molar-refractivity contribution in [3.05, 3.63) is 71.8 Å². The molecule has 1 saturated heterocycles. The minimum absolute atomic E-state index is 0.105. The molecule has 1 aliphatic heterocycles. The smallest absolute Gasteiger partial charge is 0.274 e. The van der Waals surface area contributed by atoms with Crippen LogP contribution in [0.15, 0.2) is 61.1 Å². The summed E-state index contributed by atoms with van der Waals surface area (Å²) in [5, 5.41) is 3.80. The molecule has 1 fully saturated rings. The second kappa shape index (κ2) is 8.22. The van der Waals surface area contributed by atoms with Crippen molar-refractivity contribution in [1.82, 2.24) is 19.9 Å². The molecule has 0 bridgehead atoms. The van der Waals surface area contributed by atoms with Crippen molar-refractivity contribution in [3.8, 4) is 0 Å². The number of carbonyl (C=O) groups excluding carboxylic acids is 1. The van der Waals surface area contributed by atoms with Crippen molar-refractivity contribution in [2.75, 3.05) is 36.4 Å². The summed E-state index contributed by atoms with van der Waals surface area (Å²) in [6, 6.07) is 13.1. The predicted octanol–water partition coefficient (Wildman–Crippen LogP) is 3.23. The van der Waals surface area contributed by atoms with E-state index in [9.17, 15) is 4.79 Å². The molecule has 0 unspecified atom stereocenters. The van der Waals surface area contributed by atoms with Gasteiger partial charge in [0.1, 0.15) is 17.3 Å². The third-order valence-corrected chi connectivity index (χ3v) is 4.78. The Bertz CT molecular complexity index is 925. The van der Waals surface area contributed by atoms with Crippen LogP contribution in [-0.2, 0) is 0 Å². The number of nitrogens with zero attached hydrogens (tertiary/aromatic N) is 5. The Morgan fingerprint density at radius 3 is 2.36 bits per heavy atom. The molecule has 28 heavy (non-hydrogen) atoms. The molecule has 1 aliphatic rings. The lowest BCUT2D eigenvalue weighted by Gasteiger charge is -2.35. The second-order valence-corrected chi connectivity index (χ2v) is 6.82. The Hall–Kier alpha value is -3.19. The van der Waals surface area contributed by atoms with E-state index >= 15 is 0 Å². The Morgan fingerprint density at radius 2 is 1.71 bits per heavy atom. The van der Waals surface area contributed by atoms with Crippen molar-refractivity contribution < 1.29 is 4.79 Å². The standard InChI is InChI=1S/C20H19ClN6O/c21-15-4-6-16(7-5-15)25-18-14-23-17(13-24-18)20(28)27-11-9-26(10-12-27)19-3-1-2-8-22-19/h1-8,13-14H,9-12H2,(H,24,25). The fourth-order valence-electron chi connectivity index (χ4n) is 3.03. The van der Waals surface area contributed by atoms with E-state index in [2.05, 4.69) is 25.2 Å². The van der Waals surface area contributed by atoms with E-state index in [1.54, 1.807) is 29.4 Å². The number of halogens is 1. The molecular weight excluding hydrogens is 376 g/mol. The number of aromatic nitrogens is 3. The zero-order valence-corrected chi connectivity index (χ0v) is 15.9. The quantitative estimate of drug-likeness (QED) is 0.732. The SMILES string of the molecule is O=C(c1cnc(Nc2ccc(Cl)cc2)cn1)N1CCN(c2ccccn2)CC1. The molecule has 3 aromatic rings. The molecule has 4 rings (SSSR count).